The van der Waals surface area contributed by atoms with Gasteiger partial charge in [0.05, 0.1) is 11.6 Å². The quantitative estimate of drug-likeness (QED) is 0.734. The predicted molar refractivity (Wildman–Crippen MR) is 67.9 cm³/mol. The standard InChI is InChI=1S/C13H15N3O/c17-13(9-5-6-14-7-9)16-12-8-15-11-4-2-1-3-10(11)12/h1-4,8-9,14-15H,5-7H2,(H,16,17). The van der Waals surface area contributed by atoms with Crippen LogP contribution >= 0.6 is 0 Å². The zero-order chi connectivity index (χ0) is 11.7. The summed E-state index contributed by atoms with van der Waals surface area (Å²) in [6, 6.07) is 7.96. The van der Waals surface area contributed by atoms with E-state index in [2.05, 4.69) is 15.6 Å². The number of rotatable bonds is 2. The van der Waals surface area contributed by atoms with Crippen LogP contribution in [-0.4, -0.2) is 24.0 Å². The van der Waals surface area contributed by atoms with E-state index in [9.17, 15) is 4.79 Å². The van der Waals surface area contributed by atoms with Crippen LogP contribution in [0.1, 0.15) is 6.42 Å². The molecule has 1 amide bonds. The molecule has 17 heavy (non-hydrogen) atoms. The van der Waals surface area contributed by atoms with Crippen LogP contribution in [-0.2, 0) is 4.79 Å². The van der Waals surface area contributed by atoms with E-state index >= 15 is 0 Å². The first-order valence-electron chi connectivity index (χ1n) is 5.92. The Kier molecular flexibility index (Phi) is 2.57. The van der Waals surface area contributed by atoms with E-state index in [0.29, 0.717) is 0 Å². The van der Waals surface area contributed by atoms with Crippen LogP contribution in [0.3, 0.4) is 0 Å². The molecule has 1 aromatic heterocycles. The molecule has 2 heterocycles. The average molecular weight is 229 g/mol. The van der Waals surface area contributed by atoms with Gasteiger partial charge in [0.15, 0.2) is 0 Å². The number of nitrogens with one attached hydrogen (secondary N) is 3. The summed E-state index contributed by atoms with van der Waals surface area (Å²) in [5.41, 5.74) is 1.92. The minimum absolute atomic E-state index is 0.101. The van der Waals surface area contributed by atoms with E-state index in [1.54, 1.807) is 0 Å². The molecule has 1 saturated heterocycles. The SMILES string of the molecule is O=C(Nc1c[nH]c2ccccc12)C1CCNC1. The van der Waals surface area contributed by atoms with Crippen molar-refractivity contribution in [2.75, 3.05) is 18.4 Å². The molecule has 1 fully saturated rings. The van der Waals surface area contributed by atoms with Gasteiger partial charge in [-0.05, 0) is 19.0 Å². The average Bonchev–Trinajstić information content (AvgIpc) is 2.98. The predicted octanol–water partition coefficient (Wildman–Crippen LogP) is 1.72. The summed E-state index contributed by atoms with van der Waals surface area (Å²) in [6.45, 7) is 1.72. The monoisotopic (exact) mass is 229 g/mol. The number of aromatic amines is 1. The van der Waals surface area contributed by atoms with Crippen molar-refractivity contribution in [3.8, 4) is 0 Å². The second kappa shape index (κ2) is 4.22. The molecule has 2 aromatic rings. The van der Waals surface area contributed by atoms with E-state index in [0.717, 1.165) is 36.1 Å². The maximum absolute atomic E-state index is 12.0. The first-order valence-corrected chi connectivity index (χ1v) is 5.92. The first kappa shape index (κ1) is 10.4. The van der Waals surface area contributed by atoms with Gasteiger partial charge in [0, 0.05) is 23.6 Å². The third kappa shape index (κ3) is 1.91. The van der Waals surface area contributed by atoms with Gasteiger partial charge in [-0.25, -0.2) is 0 Å². The Morgan fingerprint density at radius 3 is 3.06 bits per heavy atom. The van der Waals surface area contributed by atoms with Gasteiger partial charge in [-0.3, -0.25) is 4.79 Å². The summed E-state index contributed by atoms with van der Waals surface area (Å²) in [6.07, 6.45) is 2.78. The highest BCUT2D eigenvalue weighted by Crippen LogP contribution is 2.23. The number of anilines is 1. The molecule has 1 aliphatic rings. The minimum Gasteiger partial charge on any atom is -0.359 e. The Balaban J connectivity index is 1.82. The van der Waals surface area contributed by atoms with Crippen LogP contribution in [0.25, 0.3) is 10.9 Å². The molecule has 4 nitrogen and oxygen atoms in total. The second-order valence-corrected chi connectivity index (χ2v) is 4.43. The number of hydrogen-bond acceptors (Lipinski definition) is 2. The van der Waals surface area contributed by atoms with Crippen LogP contribution in [0.4, 0.5) is 5.69 Å². The van der Waals surface area contributed by atoms with Crippen LogP contribution in [0.15, 0.2) is 30.5 Å². The van der Waals surface area contributed by atoms with Crippen LogP contribution in [0.2, 0.25) is 0 Å². The van der Waals surface area contributed by atoms with Gasteiger partial charge >= 0.3 is 0 Å². The van der Waals surface area contributed by atoms with Gasteiger partial charge < -0.3 is 15.6 Å². The Morgan fingerprint density at radius 2 is 2.24 bits per heavy atom. The van der Waals surface area contributed by atoms with Crippen LogP contribution < -0.4 is 10.6 Å². The summed E-state index contributed by atoms with van der Waals surface area (Å²) in [4.78, 5) is 15.1. The van der Waals surface area contributed by atoms with Crippen LogP contribution in [0.5, 0.6) is 0 Å². The number of carbonyl (C=O) groups is 1. The summed E-state index contributed by atoms with van der Waals surface area (Å²) >= 11 is 0. The van der Waals surface area contributed by atoms with E-state index in [-0.39, 0.29) is 11.8 Å². The van der Waals surface area contributed by atoms with Gasteiger partial charge in [-0.2, -0.15) is 0 Å². The Labute approximate surface area is 99.4 Å². The number of fused-ring (bicyclic) bond motifs is 1. The highest BCUT2D eigenvalue weighted by atomic mass is 16.1. The summed E-state index contributed by atoms with van der Waals surface area (Å²) in [5.74, 6) is 0.211. The van der Waals surface area contributed by atoms with E-state index in [4.69, 9.17) is 0 Å². The Hall–Kier alpha value is -1.81. The molecule has 3 rings (SSSR count). The summed E-state index contributed by atoms with van der Waals surface area (Å²) < 4.78 is 0. The van der Waals surface area contributed by atoms with Crippen molar-refractivity contribution in [3.05, 3.63) is 30.5 Å². The Morgan fingerprint density at radius 1 is 1.35 bits per heavy atom. The van der Waals surface area contributed by atoms with Gasteiger partial charge in [0.2, 0.25) is 5.91 Å². The zero-order valence-corrected chi connectivity index (χ0v) is 9.49. The maximum Gasteiger partial charge on any atom is 0.228 e. The van der Waals surface area contributed by atoms with E-state index < -0.39 is 0 Å². The fourth-order valence-electron chi connectivity index (χ4n) is 2.29. The number of amides is 1. The molecule has 0 aliphatic carbocycles. The molecule has 1 aliphatic heterocycles. The van der Waals surface area contributed by atoms with E-state index in [1.807, 2.05) is 30.5 Å². The lowest BCUT2D eigenvalue weighted by atomic mass is 10.1. The highest BCUT2D eigenvalue weighted by molar-refractivity contribution is 6.02. The number of H-pyrrole nitrogens is 1. The molecule has 1 atom stereocenters. The molecule has 3 N–H and O–H groups in total. The molecule has 0 radical (unpaired) electrons. The van der Waals surface area contributed by atoms with Crippen molar-refractivity contribution in [1.29, 1.82) is 0 Å². The third-order valence-electron chi connectivity index (χ3n) is 3.28. The molecule has 1 unspecified atom stereocenters. The fraction of sp³-hybridized carbons (Fsp3) is 0.308. The zero-order valence-electron chi connectivity index (χ0n) is 9.49. The van der Waals surface area contributed by atoms with Crippen LogP contribution in [0, 0.1) is 5.92 Å². The van der Waals surface area contributed by atoms with Gasteiger partial charge in [-0.15, -0.1) is 0 Å². The lowest BCUT2D eigenvalue weighted by Gasteiger charge is -2.08. The fourth-order valence-corrected chi connectivity index (χ4v) is 2.29. The molecule has 0 spiro atoms. The van der Waals surface area contributed by atoms with Crippen molar-refractivity contribution < 1.29 is 4.79 Å². The van der Waals surface area contributed by atoms with Crippen molar-refractivity contribution in [2.24, 2.45) is 5.92 Å². The van der Waals surface area contributed by atoms with Gasteiger partial charge in [-0.1, -0.05) is 18.2 Å². The van der Waals surface area contributed by atoms with Crippen molar-refractivity contribution >= 4 is 22.5 Å². The lowest BCUT2D eigenvalue weighted by molar-refractivity contribution is -0.119. The smallest absolute Gasteiger partial charge is 0.228 e. The number of carbonyl (C=O) groups excluding carboxylic acids is 1. The van der Waals surface area contributed by atoms with Crippen molar-refractivity contribution in [2.45, 2.75) is 6.42 Å². The number of para-hydroxylation sites is 1. The number of aromatic nitrogens is 1. The first-order chi connectivity index (χ1) is 8.34. The molecular formula is C13H15N3O. The number of benzene rings is 1. The lowest BCUT2D eigenvalue weighted by Crippen LogP contribution is -2.24. The topological polar surface area (TPSA) is 56.9 Å². The molecule has 0 bridgehead atoms. The van der Waals surface area contributed by atoms with E-state index in [1.165, 1.54) is 0 Å². The maximum atomic E-state index is 12.0. The largest absolute Gasteiger partial charge is 0.359 e. The third-order valence-corrected chi connectivity index (χ3v) is 3.28. The summed E-state index contributed by atoms with van der Waals surface area (Å²) in [7, 11) is 0. The molecule has 88 valence electrons. The normalized spacial score (nSPS) is 19.6. The molecule has 4 heteroatoms. The molecule has 0 saturated carbocycles. The highest BCUT2D eigenvalue weighted by Gasteiger charge is 2.22. The van der Waals surface area contributed by atoms with Gasteiger partial charge in [0.25, 0.3) is 0 Å². The Bertz CT molecular complexity index is 540. The minimum atomic E-state index is 0.101. The summed E-state index contributed by atoms with van der Waals surface area (Å²) in [5, 5.41) is 7.26. The van der Waals surface area contributed by atoms with Crippen molar-refractivity contribution in [3.63, 3.8) is 0 Å². The molecule has 1 aromatic carbocycles. The number of hydrogen-bond donors (Lipinski definition) is 3. The van der Waals surface area contributed by atoms with Crippen molar-refractivity contribution in [1.82, 2.24) is 10.3 Å². The second-order valence-electron chi connectivity index (χ2n) is 4.43. The molecular weight excluding hydrogens is 214 g/mol. The van der Waals surface area contributed by atoms with Gasteiger partial charge in [0.1, 0.15) is 0 Å².